The van der Waals surface area contributed by atoms with Crippen molar-refractivity contribution in [3.8, 4) is 0 Å². The van der Waals surface area contributed by atoms with Crippen LogP contribution in [-0.4, -0.2) is 16.4 Å². The van der Waals surface area contributed by atoms with Crippen LogP contribution in [0.1, 0.15) is 13.3 Å². The smallest absolute Gasteiger partial charge is 0.174 e. The molecule has 3 nitrogen and oxygen atoms in total. The van der Waals surface area contributed by atoms with Gasteiger partial charge < -0.3 is 0 Å². The fourth-order valence-corrected chi connectivity index (χ4v) is 1.67. The minimum atomic E-state index is -0.0610. The highest BCUT2D eigenvalue weighted by atomic mass is 32.2. The maximum absolute atomic E-state index is 10.0. The molecule has 0 radical (unpaired) electrons. The summed E-state index contributed by atoms with van der Waals surface area (Å²) in [6.45, 7) is 2.07. The Morgan fingerprint density at radius 1 is 1.64 bits per heavy atom. The predicted molar refractivity (Wildman–Crippen MR) is 46.4 cm³/mol. The molecule has 0 aromatic rings. The van der Waals surface area contributed by atoms with Crippen molar-refractivity contribution < 1.29 is 4.79 Å². The summed E-state index contributed by atoms with van der Waals surface area (Å²) in [6.07, 6.45) is 1.52. The second-order valence-electron chi connectivity index (χ2n) is 2.77. The minimum absolute atomic E-state index is 0.0610. The number of hydrogen-bond acceptors (Lipinski definition) is 4. The lowest BCUT2D eigenvalue weighted by atomic mass is 10.4. The van der Waals surface area contributed by atoms with Gasteiger partial charge in [-0.15, -0.1) is 0 Å². The molecule has 0 amide bonds. The zero-order valence-electron chi connectivity index (χ0n) is 6.26. The molecular weight excluding hydrogens is 160 g/mol. The topological polar surface area (TPSA) is 64.8 Å². The van der Waals surface area contributed by atoms with Gasteiger partial charge in [0.2, 0.25) is 0 Å². The Hall–Kier alpha value is -0.640. The molecule has 0 aromatic heterocycles. The van der Waals surface area contributed by atoms with Gasteiger partial charge in [0.25, 0.3) is 0 Å². The largest absolute Gasteiger partial charge is 0.298 e. The summed E-state index contributed by atoms with van der Waals surface area (Å²) in [4.78, 5) is 10.0. The lowest BCUT2D eigenvalue weighted by Gasteiger charge is -1.96. The first kappa shape index (κ1) is 8.46. The van der Waals surface area contributed by atoms with Crippen molar-refractivity contribution in [2.75, 3.05) is 0 Å². The van der Waals surface area contributed by atoms with E-state index >= 15 is 0 Å². The molecule has 1 saturated carbocycles. The first-order valence-corrected chi connectivity index (χ1v) is 4.26. The summed E-state index contributed by atoms with van der Waals surface area (Å²) in [5, 5.41) is 14.8. The van der Waals surface area contributed by atoms with E-state index < -0.39 is 0 Å². The van der Waals surface area contributed by atoms with Gasteiger partial charge in [0.1, 0.15) is 5.04 Å². The van der Waals surface area contributed by atoms with Crippen LogP contribution in [0.5, 0.6) is 0 Å². The first-order chi connectivity index (χ1) is 5.15. The Bertz CT molecular complexity index is 214. The first-order valence-electron chi connectivity index (χ1n) is 3.45. The summed E-state index contributed by atoms with van der Waals surface area (Å²) in [6, 6.07) is 0. The van der Waals surface area contributed by atoms with Crippen molar-refractivity contribution in [1.29, 1.82) is 10.8 Å². The summed E-state index contributed by atoms with van der Waals surface area (Å²) in [5.74, 6) is 0.898. The Morgan fingerprint density at radius 2 is 2.18 bits per heavy atom. The molecule has 0 aliphatic heterocycles. The highest BCUT2D eigenvalue weighted by Gasteiger charge is 2.36. The zero-order valence-corrected chi connectivity index (χ0v) is 7.07. The number of carbonyl (C=O) groups is 1. The predicted octanol–water partition coefficient (Wildman–Crippen LogP) is 1.53. The normalized spacial score (nSPS) is 27.7. The third-order valence-corrected chi connectivity index (χ3v) is 2.61. The average Bonchev–Trinajstić information content (AvgIpc) is 2.66. The molecule has 4 heteroatoms. The number of carbonyl (C=O) groups excluding carboxylic acids is 1. The lowest BCUT2D eigenvalue weighted by Crippen LogP contribution is -2.01. The Kier molecular flexibility index (Phi) is 2.44. The molecule has 2 N–H and O–H groups in total. The van der Waals surface area contributed by atoms with Crippen LogP contribution < -0.4 is 0 Å². The van der Waals surface area contributed by atoms with Gasteiger partial charge in [-0.1, -0.05) is 18.7 Å². The summed E-state index contributed by atoms with van der Waals surface area (Å²) in [5.41, 5.74) is 0. The van der Waals surface area contributed by atoms with Crippen LogP contribution in [0.25, 0.3) is 0 Å². The van der Waals surface area contributed by atoms with Crippen molar-refractivity contribution in [1.82, 2.24) is 0 Å². The van der Waals surface area contributed by atoms with Crippen molar-refractivity contribution in [3.05, 3.63) is 0 Å². The number of aldehydes is 1. The van der Waals surface area contributed by atoms with E-state index in [1.165, 1.54) is 0 Å². The van der Waals surface area contributed by atoms with Crippen molar-refractivity contribution in [2.45, 2.75) is 13.3 Å². The SMILES string of the molecule is CC1CC1C(=N)SC(=N)C=O. The number of nitrogens with one attached hydrogen (secondary N) is 2. The molecule has 1 rings (SSSR count). The summed E-state index contributed by atoms with van der Waals surface area (Å²) in [7, 11) is 0. The van der Waals surface area contributed by atoms with Crippen molar-refractivity contribution in [2.24, 2.45) is 11.8 Å². The highest BCUT2D eigenvalue weighted by molar-refractivity contribution is 8.27. The third kappa shape index (κ3) is 2.15. The zero-order chi connectivity index (χ0) is 8.43. The lowest BCUT2D eigenvalue weighted by molar-refractivity contribution is -0.102. The molecule has 1 aliphatic rings. The van der Waals surface area contributed by atoms with Crippen LogP contribution in [0.4, 0.5) is 0 Å². The quantitative estimate of drug-likeness (QED) is 0.375. The molecule has 1 aliphatic carbocycles. The van der Waals surface area contributed by atoms with Gasteiger partial charge >= 0.3 is 0 Å². The molecule has 1 fully saturated rings. The van der Waals surface area contributed by atoms with Crippen LogP contribution in [-0.2, 0) is 4.79 Å². The summed E-state index contributed by atoms with van der Waals surface area (Å²) >= 11 is 0.972. The highest BCUT2D eigenvalue weighted by Crippen LogP contribution is 2.41. The standard InChI is InChI=1S/C7H10N2OS/c1-4-2-5(4)7(9)11-6(8)3-10/h3-5,8-9H,2H2,1H3. The molecule has 2 unspecified atom stereocenters. The van der Waals surface area contributed by atoms with E-state index in [-0.39, 0.29) is 5.04 Å². The fourth-order valence-electron chi connectivity index (χ4n) is 0.906. The van der Waals surface area contributed by atoms with Gasteiger partial charge in [-0.25, -0.2) is 0 Å². The molecule has 11 heavy (non-hydrogen) atoms. The van der Waals surface area contributed by atoms with E-state index in [9.17, 15) is 4.79 Å². The number of rotatable bonds is 2. The third-order valence-electron chi connectivity index (χ3n) is 1.77. The number of hydrogen-bond donors (Lipinski definition) is 2. The molecule has 0 bridgehead atoms. The maximum Gasteiger partial charge on any atom is 0.174 e. The molecule has 60 valence electrons. The van der Waals surface area contributed by atoms with Gasteiger partial charge in [0, 0.05) is 5.92 Å². The van der Waals surface area contributed by atoms with Crippen molar-refractivity contribution in [3.63, 3.8) is 0 Å². The van der Waals surface area contributed by atoms with Crippen LogP contribution in [0, 0.1) is 22.7 Å². The Labute approximate surface area is 69.6 Å². The van der Waals surface area contributed by atoms with Crippen LogP contribution in [0.2, 0.25) is 0 Å². The van der Waals surface area contributed by atoms with Crippen LogP contribution in [0.3, 0.4) is 0 Å². The van der Waals surface area contributed by atoms with Crippen molar-refractivity contribution >= 4 is 28.1 Å². The van der Waals surface area contributed by atoms with E-state index in [0.717, 1.165) is 18.2 Å². The number of thioether (sulfide) groups is 1. The average molecular weight is 170 g/mol. The van der Waals surface area contributed by atoms with Gasteiger partial charge in [0.05, 0.1) is 5.04 Å². The van der Waals surface area contributed by atoms with E-state index in [4.69, 9.17) is 10.8 Å². The fraction of sp³-hybridized carbons (Fsp3) is 0.571. The van der Waals surface area contributed by atoms with Gasteiger partial charge in [-0.3, -0.25) is 15.6 Å². The van der Waals surface area contributed by atoms with Gasteiger partial charge in [-0.05, 0) is 12.3 Å². The minimum Gasteiger partial charge on any atom is -0.298 e. The van der Waals surface area contributed by atoms with E-state index in [1.807, 2.05) is 0 Å². The Morgan fingerprint density at radius 3 is 2.55 bits per heavy atom. The molecule has 2 atom stereocenters. The molecule has 0 heterocycles. The van der Waals surface area contributed by atoms with Crippen LogP contribution in [0.15, 0.2) is 0 Å². The van der Waals surface area contributed by atoms with Crippen LogP contribution >= 0.6 is 11.8 Å². The maximum atomic E-state index is 10.0. The Balaban J connectivity index is 2.32. The van der Waals surface area contributed by atoms with Gasteiger partial charge in [0.15, 0.2) is 6.29 Å². The second kappa shape index (κ2) is 3.17. The molecule has 0 saturated heterocycles. The molecule has 0 spiro atoms. The summed E-state index contributed by atoms with van der Waals surface area (Å²) < 4.78 is 0. The monoisotopic (exact) mass is 170 g/mol. The molecular formula is C7H10N2OS. The molecule has 0 aromatic carbocycles. The van der Waals surface area contributed by atoms with Gasteiger partial charge in [-0.2, -0.15) is 0 Å². The van der Waals surface area contributed by atoms with E-state index in [1.54, 1.807) is 0 Å². The van der Waals surface area contributed by atoms with E-state index in [2.05, 4.69) is 6.92 Å². The van der Waals surface area contributed by atoms with E-state index in [0.29, 0.717) is 23.2 Å². The second-order valence-corrected chi connectivity index (χ2v) is 3.85.